The van der Waals surface area contributed by atoms with Crippen LogP contribution < -0.4 is 0 Å². The highest BCUT2D eigenvalue weighted by Crippen LogP contribution is 2.22. The van der Waals surface area contributed by atoms with E-state index in [9.17, 15) is 20.2 Å². The topological polar surface area (TPSA) is 114 Å². The van der Waals surface area contributed by atoms with Crippen molar-refractivity contribution >= 4 is 0 Å². The van der Waals surface area contributed by atoms with Gasteiger partial charge in [0.1, 0.15) is 12.2 Å². The first-order valence-corrected chi connectivity index (χ1v) is 5.19. The van der Waals surface area contributed by atoms with Gasteiger partial charge in [-0.1, -0.05) is 0 Å². The van der Waals surface area contributed by atoms with Crippen LogP contribution in [0.2, 0.25) is 0 Å². The van der Waals surface area contributed by atoms with Crippen LogP contribution in [0, 0.1) is 26.1 Å². The summed E-state index contributed by atoms with van der Waals surface area (Å²) < 4.78 is 5.22. The fraction of sp³-hybridized carbons (Fsp3) is 1.00. The molecule has 3 unspecified atom stereocenters. The zero-order valence-electron chi connectivity index (χ0n) is 9.31. The van der Waals surface area contributed by atoms with Gasteiger partial charge in [-0.2, -0.15) is 0 Å². The second-order valence-corrected chi connectivity index (χ2v) is 3.84. The minimum Gasteiger partial charge on any atom is -0.381 e. The summed E-state index contributed by atoms with van der Waals surface area (Å²) in [6, 6.07) is 0. The Labute approximate surface area is 96.8 Å². The third kappa shape index (κ3) is 4.81. The van der Waals surface area contributed by atoms with Crippen LogP contribution in [0.5, 0.6) is 0 Å². The van der Waals surface area contributed by atoms with E-state index < -0.39 is 22.4 Å². The molecule has 9 heteroatoms. The maximum atomic E-state index is 10.2. The number of ether oxygens (including phenoxy) is 1. The van der Waals surface area contributed by atoms with Crippen LogP contribution in [0.15, 0.2) is 0 Å². The Morgan fingerprint density at radius 2 is 2.06 bits per heavy atom. The second kappa shape index (κ2) is 6.18. The van der Waals surface area contributed by atoms with E-state index in [-0.39, 0.29) is 12.5 Å². The van der Waals surface area contributed by atoms with Gasteiger partial charge in [-0.15, -0.1) is 20.2 Å². The smallest absolute Gasteiger partial charge is 0.294 e. The van der Waals surface area contributed by atoms with Crippen molar-refractivity contribution in [3.63, 3.8) is 0 Å². The average molecular weight is 250 g/mol. The molecule has 1 aliphatic heterocycles. The number of hydrogen-bond acceptors (Lipinski definition) is 7. The quantitative estimate of drug-likeness (QED) is 0.518. The van der Waals surface area contributed by atoms with E-state index in [1.165, 1.54) is 6.92 Å². The molecule has 0 bridgehead atoms. The molecule has 0 N–H and O–H groups in total. The molecule has 1 rings (SSSR count). The van der Waals surface area contributed by atoms with Gasteiger partial charge in [-0.25, -0.2) is 0 Å². The summed E-state index contributed by atoms with van der Waals surface area (Å²) >= 11 is 0. The Hall–Kier alpha value is -1.64. The summed E-state index contributed by atoms with van der Waals surface area (Å²) in [5, 5.41) is 18.7. The first kappa shape index (κ1) is 13.4. The van der Waals surface area contributed by atoms with E-state index in [1.54, 1.807) is 0 Å². The maximum Gasteiger partial charge on any atom is 0.294 e. The fourth-order valence-electron chi connectivity index (χ4n) is 1.74. The molecular formula is C8H14N2O7. The molecule has 0 radical (unpaired) electrons. The van der Waals surface area contributed by atoms with Crippen LogP contribution in [-0.4, -0.2) is 35.6 Å². The SMILES string of the molecule is CC(O[N+](=O)[O-])C1COCCC(O[N+](=O)[O-])C1. The van der Waals surface area contributed by atoms with Gasteiger partial charge in [-0.05, 0) is 19.8 Å². The van der Waals surface area contributed by atoms with E-state index in [0.29, 0.717) is 19.4 Å². The van der Waals surface area contributed by atoms with E-state index in [1.807, 2.05) is 0 Å². The van der Waals surface area contributed by atoms with Crippen molar-refractivity contribution < 1.29 is 24.6 Å². The summed E-state index contributed by atoms with van der Waals surface area (Å²) in [6.07, 6.45) is -0.588. The van der Waals surface area contributed by atoms with Gasteiger partial charge < -0.3 is 14.4 Å². The first-order chi connectivity index (χ1) is 7.99. The Morgan fingerprint density at radius 1 is 1.35 bits per heavy atom. The zero-order valence-corrected chi connectivity index (χ0v) is 9.31. The Balaban J connectivity index is 2.52. The number of nitrogens with zero attached hydrogens (tertiary/aromatic N) is 2. The van der Waals surface area contributed by atoms with Crippen molar-refractivity contribution in [3.05, 3.63) is 20.2 Å². The second-order valence-electron chi connectivity index (χ2n) is 3.84. The van der Waals surface area contributed by atoms with E-state index in [0.717, 1.165) is 0 Å². The third-order valence-corrected chi connectivity index (χ3v) is 2.63. The summed E-state index contributed by atoms with van der Waals surface area (Å²) in [4.78, 5) is 29.3. The van der Waals surface area contributed by atoms with Gasteiger partial charge in [0, 0.05) is 12.5 Å². The lowest BCUT2D eigenvalue weighted by atomic mass is 9.97. The number of rotatable bonds is 5. The van der Waals surface area contributed by atoms with E-state index in [2.05, 4.69) is 9.68 Å². The minimum absolute atomic E-state index is 0.270. The molecule has 0 spiro atoms. The van der Waals surface area contributed by atoms with Crippen LogP contribution in [-0.2, 0) is 14.4 Å². The predicted octanol–water partition coefficient (Wildman–Crippen LogP) is 0.587. The highest BCUT2D eigenvalue weighted by molar-refractivity contribution is 4.73. The molecule has 3 atom stereocenters. The van der Waals surface area contributed by atoms with Crippen LogP contribution in [0.1, 0.15) is 19.8 Å². The molecule has 1 fully saturated rings. The third-order valence-electron chi connectivity index (χ3n) is 2.63. The van der Waals surface area contributed by atoms with Crippen molar-refractivity contribution in [3.8, 4) is 0 Å². The fourth-order valence-corrected chi connectivity index (χ4v) is 1.74. The summed E-state index contributed by atoms with van der Waals surface area (Å²) in [6.45, 7) is 2.14. The molecule has 0 aromatic rings. The Kier molecular flexibility index (Phi) is 4.88. The molecule has 0 saturated carbocycles. The van der Waals surface area contributed by atoms with Gasteiger partial charge >= 0.3 is 0 Å². The summed E-state index contributed by atoms with van der Waals surface area (Å²) in [7, 11) is 0. The molecule has 17 heavy (non-hydrogen) atoms. The standard InChI is InChI=1S/C8H14N2O7/c1-6(16-9(11)12)7-4-8(17-10(13)14)2-3-15-5-7/h6-8H,2-5H2,1H3. The van der Waals surface area contributed by atoms with Crippen molar-refractivity contribution in [2.24, 2.45) is 5.92 Å². The highest BCUT2D eigenvalue weighted by Gasteiger charge is 2.29. The van der Waals surface area contributed by atoms with Crippen LogP contribution in [0.3, 0.4) is 0 Å². The van der Waals surface area contributed by atoms with Crippen molar-refractivity contribution in [2.75, 3.05) is 13.2 Å². The molecule has 0 aromatic heterocycles. The minimum atomic E-state index is -0.876. The molecule has 9 nitrogen and oxygen atoms in total. The van der Waals surface area contributed by atoms with E-state index >= 15 is 0 Å². The summed E-state index contributed by atoms with van der Waals surface area (Å²) in [5.74, 6) is -0.298. The summed E-state index contributed by atoms with van der Waals surface area (Å²) in [5.41, 5.74) is 0. The molecule has 1 aliphatic rings. The molecular weight excluding hydrogens is 236 g/mol. The monoisotopic (exact) mass is 250 g/mol. The van der Waals surface area contributed by atoms with Crippen LogP contribution in [0.4, 0.5) is 0 Å². The maximum absolute atomic E-state index is 10.2. The number of hydrogen-bond donors (Lipinski definition) is 0. The van der Waals surface area contributed by atoms with Crippen molar-refractivity contribution in [1.82, 2.24) is 0 Å². The van der Waals surface area contributed by atoms with Gasteiger partial charge in [0.05, 0.1) is 6.61 Å². The first-order valence-electron chi connectivity index (χ1n) is 5.19. The largest absolute Gasteiger partial charge is 0.381 e. The molecule has 98 valence electrons. The lowest BCUT2D eigenvalue weighted by molar-refractivity contribution is -0.773. The van der Waals surface area contributed by atoms with Gasteiger partial charge in [-0.3, -0.25) is 0 Å². The van der Waals surface area contributed by atoms with Crippen LogP contribution >= 0.6 is 0 Å². The van der Waals surface area contributed by atoms with Gasteiger partial charge in [0.25, 0.3) is 10.2 Å². The normalized spacial score (nSPS) is 26.6. The molecule has 0 aromatic carbocycles. The lowest BCUT2D eigenvalue weighted by Crippen LogP contribution is -2.30. The molecule has 0 amide bonds. The van der Waals surface area contributed by atoms with E-state index in [4.69, 9.17) is 4.74 Å². The van der Waals surface area contributed by atoms with Crippen molar-refractivity contribution in [1.29, 1.82) is 0 Å². The molecule has 1 saturated heterocycles. The average Bonchev–Trinajstić information content (AvgIpc) is 2.41. The van der Waals surface area contributed by atoms with Gasteiger partial charge in [0.15, 0.2) is 0 Å². The predicted molar refractivity (Wildman–Crippen MR) is 53.0 cm³/mol. The van der Waals surface area contributed by atoms with Crippen LogP contribution in [0.25, 0.3) is 0 Å². The lowest BCUT2D eigenvalue weighted by Gasteiger charge is -2.22. The highest BCUT2D eigenvalue weighted by atomic mass is 17.0. The van der Waals surface area contributed by atoms with Gasteiger partial charge in [0.2, 0.25) is 0 Å². The molecule has 0 aliphatic carbocycles. The Bertz CT molecular complexity index is 285. The molecule has 1 heterocycles. The zero-order chi connectivity index (χ0) is 12.8. The van der Waals surface area contributed by atoms with Crippen molar-refractivity contribution in [2.45, 2.75) is 32.0 Å². The Morgan fingerprint density at radius 3 is 2.65 bits per heavy atom.